The third kappa shape index (κ3) is 4.90. The van der Waals surface area contributed by atoms with Gasteiger partial charge in [-0.15, -0.1) is 11.3 Å². The van der Waals surface area contributed by atoms with Crippen LogP contribution in [0.2, 0.25) is 0 Å². The number of hydrogen-bond donors (Lipinski definition) is 1. The van der Waals surface area contributed by atoms with Crippen LogP contribution in [0, 0.1) is 0 Å². The van der Waals surface area contributed by atoms with Gasteiger partial charge in [-0.3, -0.25) is 9.59 Å². The molecule has 0 spiro atoms. The minimum absolute atomic E-state index is 0.00211. The summed E-state index contributed by atoms with van der Waals surface area (Å²) in [5.41, 5.74) is 2.24. The molecule has 1 aliphatic heterocycles. The molecule has 0 bridgehead atoms. The maximum absolute atomic E-state index is 13.4. The highest BCUT2D eigenvalue weighted by molar-refractivity contribution is 7.10. The van der Waals surface area contributed by atoms with Crippen LogP contribution in [0.25, 0.3) is 0 Å². The molecule has 1 aromatic heterocycles. The molecule has 1 atom stereocenters. The number of esters is 1. The number of rotatable bonds is 7. The summed E-state index contributed by atoms with van der Waals surface area (Å²) in [5.74, 6) is -0.563. The van der Waals surface area contributed by atoms with E-state index in [1.807, 2.05) is 35.2 Å². The average molecular weight is 442 g/mol. The number of nitrogens with zero attached hydrogens (tertiary/aromatic N) is 2. The molecule has 7 nitrogen and oxygen atoms in total. The van der Waals surface area contributed by atoms with Crippen LogP contribution < -0.4 is 5.32 Å². The Morgan fingerprint density at radius 2 is 1.97 bits per heavy atom. The van der Waals surface area contributed by atoms with Gasteiger partial charge in [0, 0.05) is 17.5 Å². The highest BCUT2D eigenvalue weighted by Gasteiger charge is 2.38. The van der Waals surface area contributed by atoms with Crippen LogP contribution in [0.5, 0.6) is 0 Å². The Labute approximate surface area is 186 Å². The van der Waals surface area contributed by atoms with Crippen molar-refractivity contribution in [1.29, 1.82) is 0 Å². The van der Waals surface area contributed by atoms with E-state index < -0.39 is 12.0 Å². The van der Waals surface area contributed by atoms with Crippen molar-refractivity contribution in [3.05, 3.63) is 57.8 Å². The molecule has 1 fully saturated rings. The van der Waals surface area contributed by atoms with Crippen molar-refractivity contribution in [3.8, 4) is 0 Å². The van der Waals surface area contributed by atoms with E-state index in [0.717, 1.165) is 24.8 Å². The molecule has 164 valence electrons. The summed E-state index contributed by atoms with van der Waals surface area (Å²) in [7, 11) is 0. The largest absolute Gasteiger partial charge is 0.465 e. The number of carbonyl (C=O) groups excluding carboxylic acids is 3. The van der Waals surface area contributed by atoms with Crippen molar-refractivity contribution in [2.24, 2.45) is 0 Å². The first-order chi connectivity index (χ1) is 15.1. The number of carbonyl (C=O) groups is 3. The molecule has 1 aromatic carbocycles. The lowest BCUT2D eigenvalue weighted by Gasteiger charge is -2.37. The summed E-state index contributed by atoms with van der Waals surface area (Å²) >= 11 is 1.73. The first kappa shape index (κ1) is 21.4. The van der Waals surface area contributed by atoms with Gasteiger partial charge in [0.15, 0.2) is 0 Å². The number of fused-ring (bicyclic) bond motifs is 1. The number of thiophene rings is 1. The van der Waals surface area contributed by atoms with Gasteiger partial charge >= 0.3 is 12.0 Å². The van der Waals surface area contributed by atoms with Gasteiger partial charge in [0.05, 0.1) is 12.6 Å². The van der Waals surface area contributed by atoms with Crippen molar-refractivity contribution >= 4 is 29.2 Å². The summed E-state index contributed by atoms with van der Waals surface area (Å²) in [6.07, 6.45) is 2.56. The maximum atomic E-state index is 13.4. The third-order valence-electron chi connectivity index (χ3n) is 5.64. The minimum Gasteiger partial charge on any atom is -0.465 e. The summed E-state index contributed by atoms with van der Waals surface area (Å²) < 4.78 is 4.87. The van der Waals surface area contributed by atoms with Crippen LogP contribution >= 0.6 is 11.3 Å². The highest BCUT2D eigenvalue weighted by Crippen LogP contribution is 2.38. The molecular weight excluding hydrogens is 414 g/mol. The SMILES string of the molecule is CCOC(=O)CNC(=O)N(CC(=O)N1CCc2sccc2C1c1ccccc1)C1CC1. The summed E-state index contributed by atoms with van der Waals surface area (Å²) in [5, 5.41) is 4.67. The van der Waals surface area contributed by atoms with Crippen molar-refractivity contribution in [2.45, 2.75) is 38.3 Å². The van der Waals surface area contributed by atoms with Gasteiger partial charge in [0.25, 0.3) is 0 Å². The molecular formula is C23H27N3O4S. The first-order valence-corrected chi connectivity index (χ1v) is 11.6. The summed E-state index contributed by atoms with van der Waals surface area (Å²) in [4.78, 5) is 42.5. The van der Waals surface area contributed by atoms with E-state index >= 15 is 0 Å². The van der Waals surface area contributed by atoms with Gasteiger partial charge in [-0.2, -0.15) is 0 Å². The number of nitrogens with one attached hydrogen (secondary N) is 1. The van der Waals surface area contributed by atoms with Crippen LogP contribution in [0.15, 0.2) is 41.8 Å². The van der Waals surface area contributed by atoms with E-state index in [0.29, 0.717) is 6.54 Å². The molecule has 4 rings (SSSR count). The van der Waals surface area contributed by atoms with E-state index in [1.165, 1.54) is 10.4 Å². The van der Waals surface area contributed by atoms with Crippen LogP contribution in [-0.4, -0.2) is 60.0 Å². The standard InChI is InChI=1S/C23H27N3O4S/c1-2-30-21(28)14-24-23(29)26(17-8-9-17)15-20(27)25-12-10-19-18(11-13-31-19)22(25)16-6-4-3-5-7-16/h3-7,11,13,17,22H,2,8-10,12,14-15H2,1H3,(H,24,29). The third-order valence-corrected chi connectivity index (χ3v) is 6.64. The second-order valence-corrected chi connectivity index (χ2v) is 8.77. The monoisotopic (exact) mass is 441 g/mol. The first-order valence-electron chi connectivity index (χ1n) is 10.7. The average Bonchev–Trinajstić information content (AvgIpc) is 3.51. The van der Waals surface area contributed by atoms with E-state index in [1.54, 1.807) is 23.2 Å². The minimum atomic E-state index is -0.483. The van der Waals surface area contributed by atoms with Crippen LogP contribution in [0.3, 0.4) is 0 Å². The van der Waals surface area contributed by atoms with E-state index in [2.05, 4.69) is 16.8 Å². The lowest BCUT2D eigenvalue weighted by Crippen LogP contribution is -2.50. The smallest absolute Gasteiger partial charge is 0.325 e. The molecule has 1 N–H and O–H groups in total. The predicted molar refractivity (Wildman–Crippen MR) is 118 cm³/mol. The lowest BCUT2D eigenvalue weighted by atomic mass is 9.93. The molecule has 1 saturated carbocycles. The molecule has 2 aliphatic rings. The number of amides is 3. The van der Waals surface area contributed by atoms with Gasteiger partial charge in [0.1, 0.15) is 13.1 Å². The molecule has 0 saturated heterocycles. The zero-order valence-electron chi connectivity index (χ0n) is 17.6. The zero-order valence-corrected chi connectivity index (χ0v) is 18.4. The molecule has 2 aromatic rings. The fourth-order valence-electron chi connectivity index (χ4n) is 4.03. The number of ether oxygens (including phenoxy) is 1. The van der Waals surface area contributed by atoms with E-state index in [-0.39, 0.29) is 37.7 Å². The van der Waals surface area contributed by atoms with Crippen molar-refractivity contribution in [1.82, 2.24) is 15.1 Å². The quantitative estimate of drug-likeness (QED) is 0.670. The molecule has 8 heteroatoms. The summed E-state index contributed by atoms with van der Waals surface area (Å²) in [6.45, 7) is 2.41. The highest BCUT2D eigenvalue weighted by atomic mass is 32.1. The Hall–Kier alpha value is -2.87. The molecule has 1 unspecified atom stereocenters. The topological polar surface area (TPSA) is 79.0 Å². The van der Waals surface area contributed by atoms with Crippen molar-refractivity contribution in [2.75, 3.05) is 26.2 Å². The molecule has 3 amide bonds. The second-order valence-electron chi connectivity index (χ2n) is 7.77. The van der Waals surface area contributed by atoms with Crippen molar-refractivity contribution < 1.29 is 19.1 Å². The van der Waals surface area contributed by atoms with Gasteiger partial charge in [-0.05, 0) is 48.8 Å². The number of urea groups is 1. The summed E-state index contributed by atoms with van der Waals surface area (Å²) in [6, 6.07) is 11.6. The Morgan fingerprint density at radius 1 is 1.19 bits per heavy atom. The molecule has 2 heterocycles. The lowest BCUT2D eigenvalue weighted by molar-refractivity contribution is -0.141. The van der Waals surface area contributed by atoms with Crippen LogP contribution in [-0.2, 0) is 20.7 Å². The zero-order chi connectivity index (χ0) is 21.8. The molecule has 0 radical (unpaired) electrons. The van der Waals surface area contributed by atoms with Gasteiger partial charge in [-0.25, -0.2) is 4.79 Å². The van der Waals surface area contributed by atoms with E-state index in [4.69, 9.17) is 4.74 Å². The van der Waals surface area contributed by atoms with Gasteiger partial charge in [-0.1, -0.05) is 30.3 Å². The fourth-order valence-corrected chi connectivity index (χ4v) is 4.93. The Morgan fingerprint density at radius 3 is 2.68 bits per heavy atom. The van der Waals surface area contributed by atoms with Crippen LogP contribution in [0.4, 0.5) is 4.79 Å². The molecule has 31 heavy (non-hydrogen) atoms. The predicted octanol–water partition coefficient (Wildman–Crippen LogP) is 2.96. The Balaban J connectivity index is 1.49. The van der Waals surface area contributed by atoms with Gasteiger partial charge in [0.2, 0.25) is 5.91 Å². The molecule has 1 aliphatic carbocycles. The Bertz CT molecular complexity index is 941. The number of hydrogen-bond acceptors (Lipinski definition) is 5. The van der Waals surface area contributed by atoms with E-state index in [9.17, 15) is 14.4 Å². The fraction of sp³-hybridized carbons (Fsp3) is 0.435. The normalized spacial score (nSPS) is 17.6. The Kier molecular flexibility index (Phi) is 6.56. The van der Waals surface area contributed by atoms with Crippen molar-refractivity contribution in [3.63, 3.8) is 0 Å². The maximum Gasteiger partial charge on any atom is 0.325 e. The number of benzene rings is 1. The second kappa shape index (κ2) is 9.51. The van der Waals surface area contributed by atoms with Gasteiger partial charge < -0.3 is 19.9 Å². The van der Waals surface area contributed by atoms with Crippen LogP contribution in [0.1, 0.15) is 41.8 Å².